The zero-order valence-corrected chi connectivity index (χ0v) is 13.6. The predicted octanol–water partition coefficient (Wildman–Crippen LogP) is 3.19. The maximum absolute atomic E-state index is 12.3. The fourth-order valence-corrected chi connectivity index (χ4v) is 3.02. The fraction of sp³-hybridized carbons (Fsp3) is 0.200. The highest BCUT2D eigenvalue weighted by Crippen LogP contribution is 2.27. The van der Waals surface area contributed by atoms with Crippen LogP contribution < -0.4 is 14.4 Å². The summed E-state index contributed by atoms with van der Waals surface area (Å²) in [5, 5.41) is 0. The summed E-state index contributed by atoms with van der Waals surface area (Å²) < 4.78 is 11.0. The number of anilines is 1. The molecule has 5 heteroatoms. The van der Waals surface area contributed by atoms with E-state index in [1.807, 2.05) is 24.3 Å². The molecule has 4 rings (SSSR count). The maximum atomic E-state index is 12.3. The normalized spacial score (nSPS) is 16.1. The molecule has 1 saturated heterocycles. The molecule has 1 amide bonds. The minimum Gasteiger partial charge on any atom is -0.488 e. The molecular weight excluding hydrogens is 318 g/mol. The molecule has 0 spiro atoms. The van der Waals surface area contributed by atoms with Gasteiger partial charge in [0.2, 0.25) is 5.91 Å². The Morgan fingerprint density at radius 1 is 1.08 bits per heavy atom. The van der Waals surface area contributed by atoms with Crippen molar-refractivity contribution in [3.05, 3.63) is 59.7 Å². The summed E-state index contributed by atoms with van der Waals surface area (Å²) in [7, 11) is 0. The van der Waals surface area contributed by atoms with Gasteiger partial charge >= 0.3 is 5.97 Å². The van der Waals surface area contributed by atoms with Crippen LogP contribution in [0.2, 0.25) is 0 Å². The number of para-hydroxylation sites is 1. The Balaban J connectivity index is 1.46. The van der Waals surface area contributed by atoms with Gasteiger partial charge in [0, 0.05) is 24.2 Å². The first kappa shape index (κ1) is 15.4. The molecule has 1 fully saturated rings. The molecule has 0 atom stereocenters. The predicted molar refractivity (Wildman–Crippen MR) is 93.6 cm³/mol. The number of benzene rings is 2. The Labute approximate surface area is 145 Å². The highest BCUT2D eigenvalue weighted by Gasteiger charge is 2.22. The van der Waals surface area contributed by atoms with E-state index in [1.54, 1.807) is 35.2 Å². The number of fused-ring (bicyclic) bond motifs is 1. The highest BCUT2D eigenvalue weighted by molar-refractivity contribution is 5.97. The molecule has 2 aliphatic heterocycles. The van der Waals surface area contributed by atoms with E-state index in [9.17, 15) is 9.59 Å². The topological polar surface area (TPSA) is 55.8 Å². The van der Waals surface area contributed by atoms with Gasteiger partial charge in [0.15, 0.2) is 0 Å². The van der Waals surface area contributed by atoms with Gasteiger partial charge in [0.25, 0.3) is 0 Å². The van der Waals surface area contributed by atoms with Crippen LogP contribution in [0, 0.1) is 0 Å². The van der Waals surface area contributed by atoms with Crippen LogP contribution in [0.25, 0.3) is 6.08 Å². The molecule has 0 bridgehead atoms. The summed E-state index contributed by atoms with van der Waals surface area (Å²) >= 11 is 0. The molecule has 5 nitrogen and oxygen atoms in total. The Morgan fingerprint density at radius 3 is 2.64 bits per heavy atom. The molecule has 0 N–H and O–H groups in total. The first-order chi connectivity index (χ1) is 12.2. The summed E-state index contributed by atoms with van der Waals surface area (Å²) in [6.45, 7) is 0.928. The lowest BCUT2D eigenvalue weighted by Gasteiger charge is -2.17. The Kier molecular flexibility index (Phi) is 3.98. The Morgan fingerprint density at radius 2 is 1.88 bits per heavy atom. The lowest BCUT2D eigenvalue weighted by molar-refractivity contribution is -0.130. The monoisotopic (exact) mass is 335 g/mol. The van der Waals surface area contributed by atoms with E-state index in [-0.39, 0.29) is 12.5 Å². The molecule has 0 saturated carbocycles. The molecule has 0 aromatic heterocycles. The smallest absolute Gasteiger partial charge is 0.342 e. The molecule has 2 aliphatic rings. The van der Waals surface area contributed by atoms with Crippen LogP contribution in [-0.2, 0) is 9.59 Å². The van der Waals surface area contributed by atoms with E-state index in [4.69, 9.17) is 9.47 Å². The van der Waals surface area contributed by atoms with Gasteiger partial charge in [-0.2, -0.15) is 0 Å². The second kappa shape index (κ2) is 6.43. The van der Waals surface area contributed by atoms with Gasteiger partial charge in [-0.3, -0.25) is 4.79 Å². The summed E-state index contributed by atoms with van der Waals surface area (Å²) in [5.74, 6) is 0.909. The second-order valence-corrected chi connectivity index (χ2v) is 6.03. The minimum atomic E-state index is -0.431. The van der Waals surface area contributed by atoms with Gasteiger partial charge in [-0.25, -0.2) is 4.79 Å². The van der Waals surface area contributed by atoms with E-state index in [0.29, 0.717) is 17.7 Å². The van der Waals surface area contributed by atoms with Crippen LogP contribution in [0.4, 0.5) is 5.69 Å². The van der Waals surface area contributed by atoms with Crippen molar-refractivity contribution in [1.29, 1.82) is 0 Å². The lowest BCUT2D eigenvalue weighted by atomic mass is 10.1. The van der Waals surface area contributed by atoms with Crippen molar-refractivity contribution in [1.82, 2.24) is 0 Å². The molecule has 2 aromatic rings. The number of hydrogen-bond donors (Lipinski definition) is 0. The Bertz CT molecular complexity index is 854. The quantitative estimate of drug-likeness (QED) is 0.638. The average Bonchev–Trinajstić information content (AvgIpc) is 3.08. The van der Waals surface area contributed by atoms with Gasteiger partial charge in [0.1, 0.15) is 18.1 Å². The zero-order valence-electron chi connectivity index (χ0n) is 13.6. The molecular formula is C20H17NO4. The number of esters is 1. The lowest BCUT2D eigenvalue weighted by Crippen LogP contribution is -2.23. The molecule has 25 heavy (non-hydrogen) atoms. The average molecular weight is 335 g/mol. The van der Waals surface area contributed by atoms with Crippen LogP contribution in [0.15, 0.2) is 54.1 Å². The third kappa shape index (κ3) is 3.13. The molecule has 0 unspecified atom stereocenters. The number of nitrogens with zero attached hydrogens (tertiary/aromatic N) is 1. The number of rotatable bonds is 3. The molecule has 0 aliphatic carbocycles. The fourth-order valence-electron chi connectivity index (χ4n) is 3.02. The van der Waals surface area contributed by atoms with Crippen molar-refractivity contribution in [2.45, 2.75) is 12.8 Å². The molecule has 0 radical (unpaired) electrons. The Hall–Kier alpha value is -3.08. The summed E-state index contributed by atoms with van der Waals surface area (Å²) in [4.78, 5) is 25.8. The molecule has 126 valence electrons. The van der Waals surface area contributed by atoms with Crippen LogP contribution in [-0.4, -0.2) is 25.0 Å². The first-order valence-electron chi connectivity index (χ1n) is 8.26. The third-order valence-corrected chi connectivity index (χ3v) is 4.33. The van der Waals surface area contributed by atoms with Crippen molar-refractivity contribution >= 4 is 23.6 Å². The van der Waals surface area contributed by atoms with E-state index in [1.165, 1.54) is 0 Å². The van der Waals surface area contributed by atoms with Gasteiger partial charge < -0.3 is 14.4 Å². The maximum Gasteiger partial charge on any atom is 0.342 e. The largest absolute Gasteiger partial charge is 0.488 e. The van der Waals surface area contributed by atoms with Crippen molar-refractivity contribution in [2.75, 3.05) is 18.1 Å². The first-order valence-corrected chi connectivity index (χ1v) is 8.26. The van der Waals surface area contributed by atoms with Gasteiger partial charge in [-0.15, -0.1) is 0 Å². The van der Waals surface area contributed by atoms with Gasteiger partial charge in [-0.1, -0.05) is 18.2 Å². The number of ether oxygens (including phenoxy) is 2. The number of amides is 1. The van der Waals surface area contributed by atoms with E-state index < -0.39 is 5.97 Å². The van der Waals surface area contributed by atoms with Crippen LogP contribution in [0.1, 0.15) is 18.4 Å². The number of hydrogen-bond acceptors (Lipinski definition) is 4. The second-order valence-electron chi connectivity index (χ2n) is 6.03. The van der Waals surface area contributed by atoms with E-state index in [0.717, 1.165) is 30.0 Å². The van der Waals surface area contributed by atoms with Crippen molar-refractivity contribution < 1.29 is 19.1 Å². The zero-order chi connectivity index (χ0) is 17.2. The van der Waals surface area contributed by atoms with Crippen molar-refractivity contribution in [2.24, 2.45) is 0 Å². The van der Waals surface area contributed by atoms with Crippen LogP contribution in [0.5, 0.6) is 11.5 Å². The molecule has 2 heterocycles. The summed E-state index contributed by atoms with van der Waals surface area (Å²) in [6.07, 6.45) is 3.26. The van der Waals surface area contributed by atoms with Gasteiger partial charge in [-0.05, 0) is 42.8 Å². The highest BCUT2D eigenvalue weighted by atomic mass is 16.5. The van der Waals surface area contributed by atoms with Crippen molar-refractivity contribution in [3.8, 4) is 11.5 Å². The van der Waals surface area contributed by atoms with Crippen molar-refractivity contribution in [3.63, 3.8) is 0 Å². The number of carbonyl (C=O) groups excluding carboxylic acids is 2. The van der Waals surface area contributed by atoms with E-state index >= 15 is 0 Å². The standard InChI is InChI=1S/C20H17NO4/c22-19-6-3-11-21(19)16-7-9-17(10-8-16)25-20(23)15-12-14-4-1-2-5-18(14)24-13-15/h1-2,4-5,7-10,12H,3,6,11,13H2. The SMILES string of the molecule is O=C(Oc1ccc(N2CCCC2=O)cc1)C1=Cc2ccccc2OC1. The third-order valence-electron chi connectivity index (χ3n) is 4.33. The van der Waals surface area contributed by atoms with E-state index in [2.05, 4.69) is 0 Å². The minimum absolute atomic E-state index is 0.132. The van der Waals surface area contributed by atoms with Gasteiger partial charge in [0.05, 0.1) is 5.57 Å². The van der Waals surface area contributed by atoms with Crippen LogP contribution in [0.3, 0.4) is 0 Å². The number of carbonyl (C=O) groups is 2. The summed E-state index contributed by atoms with van der Waals surface area (Å²) in [5.41, 5.74) is 2.16. The van der Waals surface area contributed by atoms with Crippen LogP contribution >= 0.6 is 0 Å². The molecule has 2 aromatic carbocycles. The summed E-state index contributed by atoms with van der Waals surface area (Å²) in [6, 6.07) is 14.6.